The van der Waals surface area contributed by atoms with Crippen molar-refractivity contribution in [2.75, 3.05) is 0 Å². The molecule has 0 atom stereocenters. The van der Waals surface area contributed by atoms with E-state index < -0.39 is 0 Å². The van der Waals surface area contributed by atoms with Crippen LogP contribution in [0.25, 0.3) is 22.4 Å². The van der Waals surface area contributed by atoms with Crippen molar-refractivity contribution in [3.8, 4) is 22.4 Å². The summed E-state index contributed by atoms with van der Waals surface area (Å²) in [6.45, 7) is 2.05. The Hall–Kier alpha value is -1.76. The van der Waals surface area contributed by atoms with Gasteiger partial charge in [-0.25, -0.2) is 0 Å². The third-order valence-electron chi connectivity index (χ3n) is 3.18. The molecule has 1 nitrogen and oxygen atoms in total. The Balaban J connectivity index is 0.00000147. The van der Waals surface area contributed by atoms with Crippen molar-refractivity contribution in [2.24, 2.45) is 0 Å². The SMILES string of the molecule is Cc1ccc(-c2cccc(-c3ccccc3)c2)nc1.[Ir]. The Morgan fingerprint density at radius 1 is 0.700 bits per heavy atom. The fourth-order valence-electron chi connectivity index (χ4n) is 2.13. The number of aromatic nitrogens is 1. The van der Waals surface area contributed by atoms with E-state index in [-0.39, 0.29) is 20.1 Å². The van der Waals surface area contributed by atoms with Crippen LogP contribution in [0.15, 0.2) is 72.9 Å². The Morgan fingerprint density at radius 3 is 2.10 bits per heavy atom. The summed E-state index contributed by atoms with van der Waals surface area (Å²) in [6.07, 6.45) is 1.91. The van der Waals surface area contributed by atoms with Gasteiger partial charge in [0.1, 0.15) is 0 Å². The van der Waals surface area contributed by atoms with Crippen LogP contribution in [0.3, 0.4) is 0 Å². The molecule has 1 heterocycles. The average molecular weight is 438 g/mol. The molecule has 1 aromatic heterocycles. The Bertz CT molecular complexity index is 675. The summed E-state index contributed by atoms with van der Waals surface area (Å²) in [4.78, 5) is 4.48. The molecule has 0 unspecified atom stereocenters. The van der Waals surface area contributed by atoms with Crippen LogP contribution >= 0.6 is 0 Å². The van der Waals surface area contributed by atoms with Gasteiger partial charge >= 0.3 is 0 Å². The molecule has 1 radical (unpaired) electrons. The fourth-order valence-corrected chi connectivity index (χ4v) is 2.13. The van der Waals surface area contributed by atoms with Gasteiger partial charge in [0, 0.05) is 31.9 Å². The predicted octanol–water partition coefficient (Wildman–Crippen LogP) is 4.72. The van der Waals surface area contributed by atoms with Crippen molar-refractivity contribution < 1.29 is 20.1 Å². The minimum absolute atomic E-state index is 0. The molecule has 2 aromatic carbocycles. The van der Waals surface area contributed by atoms with Crippen molar-refractivity contribution in [3.63, 3.8) is 0 Å². The van der Waals surface area contributed by atoms with Crippen LogP contribution in [0.1, 0.15) is 5.56 Å². The number of aryl methyl sites for hydroxylation is 1. The third kappa shape index (κ3) is 3.22. The second kappa shape index (κ2) is 6.60. The van der Waals surface area contributed by atoms with E-state index >= 15 is 0 Å². The van der Waals surface area contributed by atoms with Crippen LogP contribution < -0.4 is 0 Å². The topological polar surface area (TPSA) is 12.9 Å². The van der Waals surface area contributed by atoms with Crippen LogP contribution in [0.2, 0.25) is 0 Å². The zero-order valence-electron chi connectivity index (χ0n) is 11.2. The van der Waals surface area contributed by atoms with E-state index in [1.165, 1.54) is 16.7 Å². The van der Waals surface area contributed by atoms with Crippen LogP contribution in [0, 0.1) is 6.92 Å². The third-order valence-corrected chi connectivity index (χ3v) is 3.18. The van der Waals surface area contributed by atoms with Crippen molar-refractivity contribution in [3.05, 3.63) is 78.5 Å². The molecule has 0 N–H and O–H groups in total. The molecule has 0 aliphatic heterocycles. The van der Waals surface area contributed by atoms with Crippen LogP contribution in [-0.4, -0.2) is 4.98 Å². The van der Waals surface area contributed by atoms with Crippen LogP contribution in [0.5, 0.6) is 0 Å². The maximum Gasteiger partial charge on any atom is 0.0702 e. The van der Waals surface area contributed by atoms with Crippen molar-refractivity contribution in [2.45, 2.75) is 6.92 Å². The van der Waals surface area contributed by atoms with E-state index in [0.717, 1.165) is 11.3 Å². The molecule has 20 heavy (non-hydrogen) atoms. The van der Waals surface area contributed by atoms with Gasteiger partial charge in [0.15, 0.2) is 0 Å². The van der Waals surface area contributed by atoms with E-state index in [1.54, 1.807) is 0 Å². The molecule has 0 aliphatic carbocycles. The van der Waals surface area contributed by atoms with Gasteiger partial charge in [-0.15, -0.1) is 0 Å². The first-order valence-corrected chi connectivity index (χ1v) is 6.41. The molecule has 3 aromatic rings. The summed E-state index contributed by atoms with van der Waals surface area (Å²) in [7, 11) is 0. The molecule has 0 fully saturated rings. The summed E-state index contributed by atoms with van der Waals surface area (Å²) in [5.41, 5.74) is 5.81. The molecule has 0 amide bonds. The maximum atomic E-state index is 4.48. The van der Waals surface area contributed by atoms with Crippen LogP contribution in [0.4, 0.5) is 0 Å². The molecule has 0 aliphatic rings. The number of nitrogens with zero attached hydrogens (tertiary/aromatic N) is 1. The number of pyridine rings is 1. The number of hydrogen-bond acceptors (Lipinski definition) is 1. The second-order valence-corrected chi connectivity index (χ2v) is 4.67. The van der Waals surface area contributed by atoms with E-state index in [0.29, 0.717) is 0 Å². The van der Waals surface area contributed by atoms with Gasteiger partial charge in [0.25, 0.3) is 0 Å². The molecule has 3 rings (SSSR count). The van der Waals surface area contributed by atoms with E-state index in [4.69, 9.17) is 0 Å². The molecular formula is C18H15IrN. The Morgan fingerprint density at radius 2 is 1.40 bits per heavy atom. The molecule has 0 saturated carbocycles. The first kappa shape index (κ1) is 14.6. The van der Waals surface area contributed by atoms with Crippen molar-refractivity contribution >= 4 is 0 Å². The summed E-state index contributed by atoms with van der Waals surface area (Å²) in [5.74, 6) is 0. The summed E-state index contributed by atoms with van der Waals surface area (Å²) in [6, 6.07) is 23.1. The van der Waals surface area contributed by atoms with Crippen molar-refractivity contribution in [1.82, 2.24) is 4.98 Å². The molecule has 0 spiro atoms. The second-order valence-electron chi connectivity index (χ2n) is 4.67. The van der Waals surface area contributed by atoms with Gasteiger partial charge in [-0.3, -0.25) is 4.98 Å². The fraction of sp³-hybridized carbons (Fsp3) is 0.0556. The quantitative estimate of drug-likeness (QED) is 0.565. The Labute approximate surface area is 133 Å². The van der Waals surface area contributed by atoms with Crippen molar-refractivity contribution in [1.29, 1.82) is 0 Å². The van der Waals surface area contributed by atoms with E-state index in [9.17, 15) is 0 Å². The number of hydrogen-bond donors (Lipinski definition) is 0. The standard InChI is InChI=1S/C18H15N.Ir/c1-14-10-11-18(19-13-14)17-9-5-8-16(12-17)15-6-3-2-4-7-15;/h2-13H,1H3;. The van der Waals surface area contributed by atoms with Gasteiger partial charge in [0.2, 0.25) is 0 Å². The monoisotopic (exact) mass is 438 g/mol. The molecule has 2 heteroatoms. The van der Waals surface area contributed by atoms with Gasteiger partial charge in [-0.2, -0.15) is 0 Å². The molecule has 101 valence electrons. The molecule has 0 bridgehead atoms. The first-order chi connectivity index (χ1) is 9.33. The Kier molecular flexibility index (Phi) is 4.83. The van der Waals surface area contributed by atoms with E-state index in [1.807, 2.05) is 12.3 Å². The van der Waals surface area contributed by atoms with Gasteiger partial charge in [-0.05, 0) is 35.7 Å². The van der Waals surface area contributed by atoms with Crippen LogP contribution in [-0.2, 0) is 20.1 Å². The smallest absolute Gasteiger partial charge is 0.0702 e. The largest absolute Gasteiger partial charge is 0.256 e. The zero-order valence-corrected chi connectivity index (χ0v) is 13.6. The number of rotatable bonds is 2. The van der Waals surface area contributed by atoms with Gasteiger partial charge in [0.05, 0.1) is 5.69 Å². The minimum atomic E-state index is 0. The van der Waals surface area contributed by atoms with E-state index in [2.05, 4.69) is 72.6 Å². The summed E-state index contributed by atoms with van der Waals surface area (Å²) < 4.78 is 0. The summed E-state index contributed by atoms with van der Waals surface area (Å²) in [5, 5.41) is 0. The first-order valence-electron chi connectivity index (χ1n) is 6.41. The summed E-state index contributed by atoms with van der Waals surface area (Å²) >= 11 is 0. The molecular weight excluding hydrogens is 422 g/mol. The average Bonchev–Trinajstić information content (AvgIpc) is 2.49. The maximum absolute atomic E-state index is 4.48. The zero-order chi connectivity index (χ0) is 13.1. The van der Waals surface area contributed by atoms with Gasteiger partial charge < -0.3 is 0 Å². The normalized spacial score (nSPS) is 9.85. The van der Waals surface area contributed by atoms with Gasteiger partial charge in [-0.1, -0.05) is 54.6 Å². The molecule has 0 saturated heterocycles. The minimum Gasteiger partial charge on any atom is -0.256 e. The number of benzene rings is 2. The predicted molar refractivity (Wildman–Crippen MR) is 79.8 cm³/mol.